The van der Waals surface area contributed by atoms with Crippen LogP contribution in [0.5, 0.6) is 5.75 Å². The number of nitrogens with one attached hydrogen (secondary N) is 1. The van der Waals surface area contributed by atoms with Gasteiger partial charge >= 0.3 is 0 Å². The molecule has 4 N–H and O–H groups in total. The Morgan fingerprint density at radius 1 is 1.17 bits per heavy atom. The van der Waals surface area contributed by atoms with E-state index in [1.165, 1.54) is 0 Å². The van der Waals surface area contributed by atoms with Crippen LogP contribution in [0.2, 0.25) is 0 Å². The molecule has 0 unspecified atom stereocenters. The number of phenolic OH excluding ortho intramolecular Hbond substituents is 1. The number of aromatic hydroxyl groups is 1. The highest BCUT2D eigenvalue weighted by Crippen LogP contribution is 2.38. The lowest BCUT2D eigenvalue weighted by Crippen LogP contribution is -2.27. The van der Waals surface area contributed by atoms with Crippen LogP contribution < -0.4 is 11.1 Å². The second-order valence-corrected chi connectivity index (χ2v) is 10.4. The fourth-order valence-corrected chi connectivity index (χ4v) is 5.69. The molecule has 4 heterocycles. The third-order valence-electron chi connectivity index (χ3n) is 7.84. The molecule has 2 aromatic carbocycles. The number of rotatable bonds is 7. The van der Waals surface area contributed by atoms with Crippen molar-refractivity contribution in [3.63, 3.8) is 0 Å². The number of azide groups is 1. The molecule has 1 amide bonds. The number of imidazole rings is 1. The highest BCUT2D eigenvalue weighted by Gasteiger charge is 2.28. The number of halogens is 1. The minimum atomic E-state index is -1.36. The third kappa shape index (κ3) is 4.63. The predicted molar refractivity (Wildman–Crippen MR) is 164 cm³/mol. The number of hydrogen-bond acceptors (Lipinski definition) is 9. The van der Waals surface area contributed by atoms with Crippen molar-refractivity contribution in [1.29, 1.82) is 0 Å². The van der Waals surface area contributed by atoms with E-state index in [-0.39, 0.29) is 11.8 Å². The van der Waals surface area contributed by atoms with Crippen LogP contribution in [-0.2, 0) is 6.42 Å². The number of aromatic nitrogens is 6. The molecule has 0 bridgehead atoms. The van der Waals surface area contributed by atoms with E-state index in [4.69, 9.17) is 21.2 Å². The van der Waals surface area contributed by atoms with Crippen LogP contribution in [0.4, 0.5) is 15.9 Å². The first-order valence-electron chi connectivity index (χ1n) is 14.0. The Hall–Kier alpha value is -6.60. The van der Waals surface area contributed by atoms with Gasteiger partial charge in [-0.05, 0) is 78.0 Å². The third-order valence-corrected chi connectivity index (χ3v) is 7.84. The van der Waals surface area contributed by atoms with E-state index < -0.39 is 34.8 Å². The number of amides is 1. The second kappa shape index (κ2) is 11.2. The van der Waals surface area contributed by atoms with Gasteiger partial charge < -0.3 is 16.2 Å². The van der Waals surface area contributed by atoms with Gasteiger partial charge in [-0.25, -0.2) is 24.0 Å². The molecular weight excluding hydrogens is 593 g/mol. The largest absolute Gasteiger partial charge is 0.504 e. The molecule has 0 aliphatic heterocycles. The standard InChI is InChI=1S/C31H22FN11O3/c32-25-26(40-41-34)21(14-17(15-44)27(25)45)31(46)38-22-7-4-16-13-18(5-6-19(16)22)43-29(20-3-1-10-35-28(20)33)37-23-8-9-24(39-30(23)43)42-12-2-11-36-42/h1-3,5-6,8-15,22,45H,4,7H2,(H2,33,35)(H,38,46)/t22-/m0/s1. The minimum absolute atomic E-state index is 0.210. The lowest BCUT2D eigenvalue weighted by Gasteiger charge is -2.17. The molecule has 0 saturated carbocycles. The summed E-state index contributed by atoms with van der Waals surface area (Å²) in [6.07, 6.45) is 6.40. The monoisotopic (exact) mass is 615 g/mol. The van der Waals surface area contributed by atoms with E-state index in [0.29, 0.717) is 47.0 Å². The second-order valence-electron chi connectivity index (χ2n) is 10.4. The minimum Gasteiger partial charge on any atom is -0.504 e. The van der Waals surface area contributed by atoms with Crippen molar-refractivity contribution in [3.05, 3.63) is 112 Å². The fourth-order valence-electron chi connectivity index (χ4n) is 5.69. The number of nitrogen functional groups attached to an aromatic ring is 1. The number of phenols is 1. The average Bonchev–Trinajstić information content (AvgIpc) is 3.82. The zero-order chi connectivity index (χ0) is 31.9. The van der Waals surface area contributed by atoms with Crippen LogP contribution >= 0.6 is 0 Å². The van der Waals surface area contributed by atoms with E-state index in [9.17, 15) is 19.1 Å². The average molecular weight is 616 g/mol. The van der Waals surface area contributed by atoms with Gasteiger partial charge in [0.25, 0.3) is 5.91 Å². The van der Waals surface area contributed by atoms with Gasteiger partial charge in [0.1, 0.15) is 11.3 Å². The van der Waals surface area contributed by atoms with E-state index in [2.05, 4.69) is 25.4 Å². The number of carbonyl (C=O) groups excluding carboxylic acids is 2. The molecule has 1 aliphatic rings. The summed E-state index contributed by atoms with van der Waals surface area (Å²) in [6, 6.07) is 15.4. The Balaban J connectivity index is 1.29. The first-order chi connectivity index (χ1) is 22.4. The molecule has 4 aromatic heterocycles. The molecule has 0 saturated heterocycles. The molecule has 226 valence electrons. The van der Waals surface area contributed by atoms with Gasteiger partial charge in [-0.3, -0.25) is 14.2 Å². The van der Waals surface area contributed by atoms with Gasteiger partial charge in [0.2, 0.25) is 0 Å². The number of benzene rings is 2. The van der Waals surface area contributed by atoms with Crippen LogP contribution in [0, 0.1) is 5.82 Å². The van der Waals surface area contributed by atoms with Gasteiger partial charge in [0, 0.05) is 29.2 Å². The highest BCUT2D eigenvalue weighted by molar-refractivity contribution is 6.01. The van der Waals surface area contributed by atoms with Gasteiger partial charge in [-0.15, -0.1) is 0 Å². The Kier molecular flexibility index (Phi) is 6.83. The summed E-state index contributed by atoms with van der Waals surface area (Å²) in [6.45, 7) is 0. The molecule has 14 nitrogen and oxygen atoms in total. The Labute approximate surface area is 258 Å². The first-order valence-corrected chi connectivity index (χ1v) is 14.0. The maximum absolute atomic E-state index is 14.7. The maximum atomic E-state index is 14.7. The maximum Gasteiger partial charge on any atom is 0.252 e. The molecule has 15 heteroatoms. The van der Waals surface area contributed by atoms with Crippen LogP contribution in [0.3, 0.4) is 0 Å². The van der Waals surface area contributed by atoms with E-state index in [0.717, 1.165) is 22.9 Å². The zero-order valence-corrected chi connectivity index (χ0v) is 23.7. The number of nitrogens with zero attached hydrogens (tertiary/aromatic N) is 9. The normalized spacial score (nSPS) is 13.7. The Bertz CT molecular complexity index is 2240. The van der Waals surface area contributed by atoms with Gasteiger partial charge in [0.15, 0.2) is 35.1 Å². The summed E-state index contributed by atoms with van der Waals surface area (Å²) in [5.41, 5.74) is 18.0. The van der Waals surface area contributed by atoms with Crippen molar-refractivity contribution in [3.8, 4) is 28.6 Å². The summed E-state index contributed by atoms with van der Waals surface area (Å²) in [5, 5.41) is 20.3. The molecule has 46 heavy (non-hydrogen) atoms. The Morgan fingerprint density at radius 3 is 2.80 bits per heavy atom. The molecule has 6 aromatic rings. The summed E-state index contributed by atoms with van der Waals surface area (Å²) in [7, 11) is 0. The number of aryl methyl sites for hydroxylation is 1. The number of nitrogens with two attached hydrogens (primary N) is 1. The smallest absolute Gasteiger partial charge is 0.252 e. The highest BCUT2D eigenvalue weighted by atomic mass is 19.1. The molecule has 0 spiro atoms. The van der Waals surface area contributed by atoms with E-state index >= 15 is 0 Å². The summed E-state index contributed by atoms with van der Waals surface area (Å²) in [4.78, 5) is 41.2. The van der Waals surface area contributed by atoms with Crippen LogP contribution in [0.25, 0.3) is 44.5 Å². The predicted octanol–water partition coefficient (Wildman–Crippen LogP) is 5.27. The first kappa shape index (κ1) is 28.2. The molecule has 1 atom stereocenters. The molecule has 7 rings (SSSR count). The number of aldehydes is 1. The van der Waals surface area contributed by atoms with Gasteiger partial charge in [-0.2, -0.15) is 5.10 Å². The number of hydrogen-bond donors (Lipinski definition) is 3. The van der Waals surface area contributed by atoms with E-state index in [1.807, 2.05) is 41.0 Å². The van der Waals surface area contributed by atoms with Crippen LogP contribution in [0.15, 0.2) is 78.3 Å². The molecule has 0 radical (unpaired) electrons. The van der Waals surface area contributed by atoms with Crippen molar-refractivity contribution >= 4 is 34.9 Å². The number of pyridine rings is 2. The number of carbonyl (C=O) groups is 2. The molecule has 1 aliphatic carbocycles. The lowest BCUT2D eigenvalue weighted by atomic mass is 10.0. The van der Waals surface area contributed by atoms with E-state index in [1.54, 1.807) is 35.4 Å². The van der Waals surface area contributed by atoms with Crippen molar-refractivity contribution < 1.29 is 19.1 Å². The molecule has 0 fully saturated rings. The lowest BCUT2D eigenvalue weighted by molar-refractivity contribution is 0.0937. The van der Waals surface area contributed by atoms with Crippen LogP contribution in [0.1, 0.15) is 44.3 Å². The summed E-state index contributed by atoms with van der Waals surface area (Å²) in [5.74, 6) is -1.68. The zero-order valence-electron chi connectivity index (χ0n) is 23.7. The quantitative estimate of drug-likeness (QED) is 0.0932. The van der Waals surface area contributed by atoms with Crippen molar-refractivity contribution in [2.75, 3.05) is 5.73 Å². The SMILES string of the molecule is [N-]=[N+]=Nc1c(C(=O)N[C@H]2CCc3cc(-n4c(-c5cccnc5N)nc5ccc(-n6cccn6)nc54)ccc32)cc(C=O)c(O)c1F. The summed E-state index contributed by atoms with van der Waals surface area (Å²) >= 11 is 0. The topological polar surface area (TPSA) is 203 Å². The van der Waals surface area contributed by atoms with Gasteiger partial charge in [0.05, 0.1) is 28.4 Å². The van der Waals surface area contributed by atoms with Crippen molar-refractivity contribution in [2.24, 2.45) is 5.11 Å². The van der Waals surface area contributed by atoms with Crippen LogP contribution in [-0.4, -0.2) is 46.6 Å². The van der Waals surface area contributed by atoms with Gasteiger partial charge in [-0.1, -0.05) is 11.2 Å². The molecular formula is C31H22FN11O3. The Morgan fingerprint density at radius 2 is 2.04 bits per heavy atom. The van der Waals surface area contributed by atoms with Crippen molar-refractivity contribution in [2.45, 2.75) is 18.9 Å². The fraction of sp³-hybridized carbons (Fsp3) is 0.0968. The van der Waals surface area contributed by atoms with Crippen molar-refractivity contribution in [1.82, 2.24) is 34.6 Å². The number of anilines is 1. The number of fused-ring (bicyclic) bond motifs is 2. The summed E-state index contributed by atoms with van der Waals surface area (Å²) < 4.78 is 18.2.